The first-order valence-electron chi connectivity index (χ1n) is 11.2. The van der Waals surface area contributed by atoms with Crippen molar-refractivity contribution >= 4 is 23.6 Å². The molecule has 0 spiro atoms. The fourth-order valence-electron chi connectivity index (χ4n) is 3.67. The smallest absolute Gasteiger partial charge is 0.203 e. The quantitative estimate of drug-likeness (QED) is 0.201. The van der Waals surface area contributed by atoms with Crippen molar-refractivity contribution in [1.29, 1.82) is 0 Å². The highest BCUT2D eigenvalue weighted by Gasteiger charge is 2.12. The van der Waals surface area contributed by atoms with Gasteiger partial charge in [-0.3, -0.25) is 4.79 Å². The molecule has 0 aliphatic carbocycles. The maximum atomic E-state index is 12.6. The normalized spacial score (nSPS) is 10.9. The van der Waals surface area contributed by atoms with Crippen LogP contribution in [0.25, 0.3) is 12.2 Å². The highest BCUT2D eigenvalue weighted by molar-refractivity contribution is 6.04. The number of carbonyl (C=O) groups excluding carboxylic acids is 1. The van der Waals surface area contributed by atoms with Gasteiger partial charge in [-0.1, -0.05) is 18.2 Å². The Morgan fingerprint density at radius 2 is 1.31 bits per heavy atom. The van der Waals surface area contributed by atoms with Gasteiger partial charge >= 0.3 is 0 Å². The molecule has 7 nitrogen and oxygen atoms in total. The Morgan fingerprint density at radius 3 is 1.89 bits per heavy atom. The fraction of sp³-hybridized carbons (Fsp3) is 0.207. The molecule has 0 saturated carbocycles. The molecule has 0 saturated heterocycles. The Morgan fingerprint density at radius 1 is 0.694 bits per heavy atom. The summed E-state index contributed by atoms with van der Waals surface area (Å²) in [4.78, 5) is 12.6. The molecule has 0 heterocycles. The second-order valence-corrected chi connectivity index (χ2v) is 7.78. The number of hydrogen-bond donors (Lipinski definition) is 1. The summed E-state index contributed by atoms with van der Waals surface area (Å²) in [6.07, 6.45) is 6.99. The number of anilines is 1. The summed E-state index contributed by atoms with van der Waals surface area (Å²) in [5.41, 5.74) is 4.02. The minimum atomic E-state index is -0.120. The van der Waals surface area contributed by atoms with E-state index in [1.807, 2.05) is 49.4 Å². The van der Waals surface area contributed by atoms with Gasteiger partial charge in [-0.25, -0.2) is 0 Å². The zero-order valence-corrected chi connectivity index (χ0v) is 21.4. The van der Waals surface area contributed by atoms with E-state index >= 15 is 0 Å². The van der Waals surface area contributed by atoms with Crippen molar-refractivity contribution in [2.45, 2.75) is 6.92 Å². The van der Waals surface area contributed by atoms with Crippen LogP contribution in [0, 0.1) is 6.92 Å². The molecular weight excluding hydrogens is 458 g/mol. The van der Waals surface area contributed by atoms with Gasteiger partial charge < -0.3 is 29.0 Å². The summed E-state index contributed by atoms with van der Waals surface area (Å²) in [5, 5.41) is 3.15. The Bertz CT molecular complexity index is 1250. The minimum absolute atomic E-state index is 0.120. The van der Waals surface area contributed by atoms with Gasteiger partial charge in [0.15, 0.2) is 17.3 Å². The number of rotatable bonds is 11. The molecule has 188 valence electrons. The average molecular weight is 490 g/mol. The van der Waals surface area contributed by atoms with E-state index in [4.69, 9.17) is 23.7 Å². The predicted octanol–water partition coefficient (Wildman–Crippen LogP) is 6.02. The Hall–Kier alpha value is -4.39. The highest BCUT2D eigenvalue weighted by atomic mass is 16.5. The fourth-order valence-corrected chi connectivity index (χ4v) is 3.67. The van der Waals surface area contributed by atoms with E-state index in [1.165, 1.54) is 6.08 Å². The first-order chi connectivity index (χ1) is 17.4. The van der Waals surface area contributed by atoms with E-state index in [0.29, 0.717) is 28.6 Å². The van der Waals surface area contributed by atoms with Gasteiger partial charge in [-0.15, -0.1) is 0 Å². The van der Waals surface area contributed by atoms with Crippen LogP contribution in [0.3, 0.4) is 0 Å². The van der Waals surface area contributed by atoms with Crippen molar-refractivity contribution in [3.63, 3.8) is 0 Å². The van der Waals surface area contributed by atoms with Gasteiger partial charge in [0, 0.05) is 17.8 Å². The van der Waals surface area contributed by atoms with E-state index in [9.17, 15) is 4.79 Å². The van der Waals surface area contributed by atoms with Crippen molar-refractivity contribution in [2.24, 2.45) is 0 Å². The second-order valence-electron chi connectivity index (χ2n) is 7.78. The van der Waals surface area contributed by atoms with Crippen LogP contribution < -0.4 is 29.0 Å². The summed E-state index contributed by atoms with van der Waals surface area (Å²) < 4.78 is 27.0. The standard InChI is InChI=1S/C29H31NO6/c1-19-15-22(10-12-25(19)32-2)24(31)13-14-30-23-16-20(9-11-26(23)33-3)7-8-21-17-27(34-4)29(36-6)28(18-21)35-5/h7-18,30H,1-6H3/b8-7-,14-13-. The number of methoxy groups -OCH3 is 5. The van der Waals surface area contributed by atoms with Gasteiger partial charge in [0.05, 0.1) is 41.2 Å². The molecular formula is C29H31NO6. The summed E-state index contributed by atoms with van der Waals surface area (Å²) in [6.45, 7) is 1.90. The lowest BCUT2D eigenvalue weighted by Crippen LogP contribution is -1.99. The van der Waals surface area contributed by atoms with Crippen LogP contribution in [0.4, 0.5) is 5.69 Å². The monoisotopic (exact) mass is 489 g/mol. The lowest BCUT2D eigenvalue weighted by atomic mass is 10.1. The molecule has 0 atom stereocenters. The third-order valence-corrected chi connectivity index (χ3v) is 5.53. The van der Waals surface area contributed by atoms with E-state index in [-0.39, 0.29) is 5.78 Å². The number of carbonyl (C=O) groups is 1. The molecule has 3 aromatic carbocycles. The zero-order chi connectivity index (χ0) is 26.1. The lowest BCUT2D eigenvalue weighted by molar-refractivity contribution is 0.104. The molecule has 1 N–H and O–H groups in total. The summed E-state index contributed by atoms with van der Waals surface area (Å²) in [7, 11) is 7.94. The molecule has 0 aromatic heterocycles. The largest absolute Gasteiger partial charge is 0.496 e. The van der Waals surface area contributed by atoms with Crippen molar-refractivity contribution in [1.82, 2.24) is 0 Å². The average Bonchev–Trinajstić information content (AvgIpc) is 2.91. The van der Waals surface area contributed by atoms with Crippen LogP contribution in [-0.2, 0) is 0 Å². The zero-order valence-electron chi connectivity index (χ0n) is 21.4. The van der Waals surface area contributed by atoms with Crippen LogP contribution in [0.15, 0.2) is 60.8 Å². The lowest BCUT2D eigenvalue weighted by Gasteiger charge is -2.13. The third-order valence-electron chi connectivity index (χ3n) is 5.53. The number of benzene rings is 3. The van der Waals surface area contributed by atoms with Gasteiger partial charge in [0.1, 0.15) is 11.5 Å². The molecule has 0 radical (unpaired) electrons. The van der Waals surface area contributed by atoms with Gasteiger partial charge in [0.2, 0.25) is 5.75 Å². The molecule has 0 amide bonds. The first-order valence-corrected chi connectivity index (χ1v) is 11.2. The molecule has 0 unspecified atom stereocenters. The van der Waals surface area contributed by atoms with Crippen LogP contribution in [0.5, 0.6) is 28.7 Å². The van der Waals surface area contributed by atoms with Crippen LogP contribution in [0.1, 0.15) is 27.0 Å². The number of nitrogens with one attached hydrogen (secondary N) is 1. The number of hydrogen-bond acceptors (Lipinski definition) is 7. The summed E-state index contributed by atoms with van der Waals surface area (Å²) >= 11 is 0. The van der Waals surface area contributed by atoms with E-state index < -0.39 is 0 Å². The van der Waals surface area contributed by atoms with Crippen LogP contribution in [0.2, 0.25) is 0 Å². The first kappa shape index (κ1) is 26.2. The summed E-state index contributed by atoms with van der Waals surface area (Å²) in [6, 6.07) is 14.8. The van der Waals surface area contributed by atoms with Crippen molar-refractivity contribution in [3.8, 4) is 28.7 Å². The molecule has 3 rings (SSSR count). The topological polar surface area (TPSA) is 75.3 Å². The molecule has 36 heavy (non-hydrogen) atoms. The van der Waals surface area contributed by atoms with Crippen molar-refractivity contribution in [2.75, 3.05) is 40.9 Å². The molecule has 0 aliphatic rings. The van der Waals surface area contributed by atoms with E-state index in [1.54, 1.807) is 59.9 Å². The molecule has 0 fully saturated rings. The van der Waals surface area contributed by atoms with Gasteiger partial charge in [0.25, 0.3) is 0 Å². The highest BCUT2D eigenvalue weighted by Crippen LogP contribution is 2.38. The van der Waals surface area contributed by atoms with Crippen molar-refractivity contribution < 1.29 is 28.5 Å². The van der Waals surface area contributed by atoms with Crippen molar-refractivity contribution in [3.05, 3.63) is 83.1 Å². The molecule has 0 bridgehead atoms. The molecule has 3 aromatic rings. The van der Waals surface area contributed by atoms with E-state index in [2.05, 4.69) is 5.32 Å². The van der Waals surface area contributed by atoms with E-state index in [0.717, 1.165) is 28.1 Å². The number of ketones is 1. The van der Waals surface area contributed by atoms with Gasteiger partial charge in [-0.05, 0) is 66.1 Å². The maximum absolute atomic E-state index is 12.6. The Labute approximate surface area is 211 Å². The maximum Gasteiger partial charge on any atom is 0.203 e. The second kappa shape index (κ2) is 12.4. The Balaban J connectivity index is 1.79. The van der Waals surface area contributed by atoms with Gasteiger partial charge in [-0.2, -0.15) is 0 Å². The van der Waals surface area contributed by atoms with Crippen LogP contribution >= 0.6 is 0 Å². The number of aryl methyl sites for hydroxylation is 1. The molecule has 0 aliphatic heterocycles. The molecule has 7 heteroatoms. The van der Waals surface area contributed by atoms with Crippen LogP contribution in [-0.4, -0.2) is 41.3 Å². The predicted molar refractivity (Wildman–Crippen MR) is 143 cm³/mol. The minimum Gasteiger partial charge on any atom is -0.496 e. The number of ether oxygens (including phenoxy) is 5. The Kier molecular flexibility index (Phi) is 9.00. The summed E-state index contributed by atoms with van der Waals surface area (Å²) in [5.74, 6) is 2.97. The SMILES string of the molecule is COc1ccc(C(=O)/C=C\Nc2cc(/C=C\c3cc(OC)c(OC)c(OC)c3)ccc2OC)cc1C. The third kappa shape index (κ3) is 6.18. The number of allylic oxidation sites excluding steroid dienone is 1.